The summed E-state index contributed by atoms with van der Waals surface area (Å²) in [6.07, 6.45) is 7.93. The Kier molecular flexibility index (Phi) is 11.5. The third-order valence-corrected chi connectivity index (χ3v) is 8.68. The summed E-state index contributed by atoms with van der Waals surface area (Å²) in [5, 5.41) is 11.4. The standard InChI is InChI=1S/C26H32N2OS.2C3H8/c1-5-30(3,4)22-11-12-25-23(17-22)24(21-9-7-20(8-10-21)19(2)27)18-26(29-25)13-6-15-28-16-14-26;2*1-3-2/h7-12,17-18,27-28H,3-6,13-16H2,1-2H3;2*3H2,1-2H3. The van der Waals surface area contributed by atoms with Gasteiger partial charge in [0.2, 0.25) is 0 Å². The molecule has 1 saturated heterocycles. The molecule has 0 aromatic heterocycles. The van der Waals surface area contributed by atoms with Crippen LogP contribution >= 0.6 is 9.21 Å². The average Bonchev–Trinajstić information content (AvgIpc) is 3.09. The fraction of sp³-hybridized carbons (Fsp3) is 0.469. The lowest BCUT2D eigenvalue weighted by Crippen LogP contribution is -2.37. The van der Waals surface area contributed by atoms with Gasteiger partial charge in [-0.25, -0.2) is 0 Å². The van der Waals surface area contributed by atoms with Gasteiger partial charge < -0.3 is 15.5 Å². The molecule has 2 heterocycles. The molecule has 2 aromatic carbocycles. The number of benzene rings is 2. The van der Waals surface area contributed by atoms with Gasteiger partial charge in [-0.3, -0.25) is 0 Å². The largest absolute Gasteiger partial charge is 0.482 e. The van der Waals surface area contributed by atoms with E-state index in [9.17, 15) is 0 Å². The van der Waals surface area contributed by atoms with Crippen LogP contribution in [0.1, 0.15) is 90.3 Å². The van der Waals surface area contributed by atoms with Gasteiger partial charge in [-0.05, 0) is 84.5 Å². The van der Waals surface area contributed by atoms with Crippen molar-refractivity contribution in [3.63, 3.8) is 0 Å². The van der Waals surface area contributed by atoms with E-state index in [1.165, 1.54) is 28.9 Å². The van der Waals surface area contributed by atoms with Crippen molar-refractivity contribution in [3.8, 4) is 5.75 Å². The minimum atomic E-state index is -1.32. The molecule has 0 aliphatic carbocycles. The molecule has 4 rings (SSSR count). The van der Waals surface area contributed by atoms with E-state index in [1.807, 2.05) is 19.1 Å². The summed E-state index contributed by atoms with van der Waals surface area (Å²) in [6.45, 7) is 14.5. The SMILES string of the molecule is C=S(=C)(CC)c1ccc2c(c1)C(c1ccc(C(C)=N)cc1)=CC1(CCCNCC1)O2.CCC.CCC. The van der Waals surface area contributed by atoms with Gasteiger partial charge in [-0.1, -0.05) is 83.5 Å². The second-order valence-electron chi connectivity index (χ2n) is 9.94. The fourth-order valence-electron chi connectivity index (χ4n) is 4.28. The predicted molar refractivity (Wildman–Crippen MR) is 165 cm³/mol. The number of ether oxygens (including phenoxy) is 1. The third kappa shape index (κ3) is 7.60. The van der Waals surface area contributed by atoms with Gasteiger partial charge in [0.15, 0.2) is 0 Å². The van der Waals surface area contributed by atoms with Crippen molar-refractivity contribution in [1.29, 1.82) is 5.41 Å². The van der Waals surface area contributed by atoms with E-state index in [0.717, 1.165) is 55.0 Å². The summed E-state index contributed by atoms with van der Waals surface area (Å²) >= 11 is 0. The van der Waals surface area contributed by atoms with Crippen molar-refractivity contribution in [1.82, 2.24) is 5.32 Å². The highest BCUT2D eigenvalue weighted by Crippen LogP contribution is 2.45. The van der Waals surface area contributed by atoms with E-state index < -0.39 is 9.21 Å². The molecule has 4 heteroatoms. The molecular formula is C32H48N2OS. The minimum Gasteiger partial charge on any atom is -0.482 e. The normalized spacial score (nSPS) is 18.8. The summed E-state index contributed by atoms with van der Waals surface area (Å²) in [6, 6.07) is 14.9. The zero-order valence-corrected chi connectivity index (χ0v) is 24.3. The van der Waals surface area contributed by atoms with Crippen LogP contribution in [0.5, 0.6) is 5.75 Å². The molecule has 2 aliphatic rings. The zero-order valence-electron chi connectivity index (χ0n) is 23.5. The van der Waals surface area contributed by atoms with Crippen LogP contribution in [-0.4, -0.2) is 41.9 Å². The molecule has 0 radical (unpaired) electrons. The van der Waals surface area contributed by atoms with Crippen LogP contribution in [0.4, 0.5) is 0 Å². The highest BCUT2D eigenvalue weighted by Gasteiger charge is 2.36. The fourth-order valence-corrected chi connectivity index (χ4v) is 5.34. The lowest BCUT2D eigenvalue weighted by molar-refractivity contribution is 0.103. The highest BCUT2D eigenvalue weighted by atomic mass is 32.2. The van der Waals surface area contributed by atoms with Crippen molar-refractivity contribution in [2.75, 3.05) is 18.8 Å². The average molecular weight is 509 g/mol. The Morgan fingerprint density at radius 2 is 1.61 bits per heavy atom. The van der Waals surface area contributed by atoms with Crippen LogP contribution in [0.2, 0.25) is 0 Å². The Labute approximate surface area is 221 Å². The van der Waals surface area contributed by atoms with Gasteiger partial charge in [0.1, 0.15) is 11.4 Å². The zero-order chi connectivity index (χ0) is 26.8. The molecule has 36 heavy (non-hydrogen) atoms. The molecule has 198 valence electrons. The van der Waals surface area contributed by atoms with Crippen molar-refractivity contribution in [2.45, 2.75) is 84.1 Å². The Morgan fingerprint density at radius 3 is 2.19 bits per heavy atom. The summed E-state index contributed by atoms with van der Waals surface area (Å²) in [4.78, 5) is 1.21. The number of nitrogens with one attached hydrogen (secondary N) is 2. The molecular weight excluding hydrogens is 460 g/mol. The third-order valence-electron chi connectivity index (χ3n) is 6.32. The molecule has 0 bridgehead atoms. The van der Waals surface area contributed by atoms with Crippen molar-refractivity contribution < 1.29 is 4.74 Å². The number of rotatable bonds is 4. The summed E-state index contributed by atoms with van der Waals surface area (Å²) in [5.41, 5.74) is 4.80. The minimum absolute atomic E-state index is 0.271. The molecule has 2 N–H and O–H groups in total. The maximum atomic E-state index is 7.91. The Morgan fingerprint density at radius 1 is 0.972 bits per heavy atom. The highest BCUT2D eigenvalue weighted by molar-refractivity contribution is 8.27. The summed E-state index contributed by atoms with van der Waals surface area (Å²) < 4.78 is 6.67. The number of hydrogen-bond donors (Lipinski definition) is 2. The topological polar surface area (TPSA) is 45.1 Å². The summed E-state index contributed by atoms with van der Waals surface area (Å²) in [7, 11) is -1.32. The molecule has 1 unspecified atom stereocenters. The van der Waals surface area contributed by atoms with Crippen LogP contribution in [0.15, 0.2) is 53.4 Å². The van der Waals surface area contributed by atoms with E-state index >= 15 is 0 Å². The Hall–Kier alpha value is -2.30. The number of hydrogen-bond acceptors (Lipinski definition) is 3. The van der Waals surface area contributed by atoms with Gasteiger partial charge in [0.25, 0.3) is 0 Å². The first kappa shape index (κ1) is 29.9. The maximum absolute atomic E-state index is 7.91. The van der Waals surface area contributed by atoms with E-state index in [4.69, 9.17) is 10.1 Å². The first-order chi connectivity index (χ1) is 17.2. The predicted octanol–water partition coefficient (Wildman–Crippen LogP) is 8.29. The Balaban J connectivity index is 0.000000693. The molecule has 0 amide bonds. The molecule has 0 saturated carbocycles. The van der Waals surface area contributed by atoms with Crippen LogP contribution in [0.25, 0.3) is 5.57 Å². The quantitative estimate of drug-likeness (QED) is 0.322. The van der Waals surface area contributed by atoms with Gasteiger partial charge in [0.05, 0.1) is 0 Å². The van der Waals surface area contributed by atoms with Crippen molar-refractivity contribution in [2.24, 2.45) is 0 Å². The van der Waals surface area contributed by atoms with E-state index in [0.29, 0.717) is 5.71 Å². The number of fused-ring (bicyclic) bond motifs is 1. The van der Waals surface area contributed by atoms with Gasteiger partial charge in [-0.2, -0.15) is 9.21 Å². The lowest BCUT2D eigenvalue weighted by Gasteiger charge is -2.37. The second kappa shape index (κ2) is 13.9. The first-order valence-corrected chi connectivity index (χ1v) is 15.7. The lowest BCUT2D eigenvalue weighted by atomic mass is 9.84. The molecule has 2 aromatic rings. The van der Waals surface area contributed by atoms with Crippen LogP contribution in [-0.2, 0) is 0 Å². The van der Waals surface area contributed by atoms with Crippen LogP contribution in [0, 0.1) is 5.41 Å². The molecule has 3 nitrogen and oxygen atoms in total. The second-order valence-corrected chi connectivity index (χ2v) is 13.1. The van der Waals surface area contributed by atoms with Gasteiger partial charge in [-0.15, -0.1) is 0 Å². The Bertz CT molecular complexity index is 1120. The molecule has 1 spiro atoms. The van der Waals surface area contributed by atoms with Gasteiger partial charge >= 0.3 is 0 Å². The summed E-state index contributed by atoms with van der Waals surface area (Å²) in [5.74, 6) is 10.7. The molecule has 2 aliphatic heterocycles. The van der Waals surface area contributed by atoms with E-state index in [2.05, 4.69) is 88.1 Å². The first-order valence-electron chi connectivity index (χ1n) is 13.6. The van der Waals surface area contributed by atoms with Crippen LogP contribution < -0.4 is 10.1 Å². The van der Waals surface area contributed by atoms with Gasteiger partial charge in [0, 0.05) is 17.7 Å². The van der Waals surface area contributed by atoms with E-state index in [1.54, 1.807) is 0 Å². The van der Waals surface area contributed by atoms with Crippen LogP contribution in [0.3, 0.4) is 0 Å². The molecule has 1 fully saturated rings. The van der Waals surface area contributed by atoms with Crippen molar-refractivity contribution in [3.05, 3.63) is 65.2 Å². The smallest absolute Gasteiger partial charge is 0.129 e. The van der Waals surface area contributed by atoms with E-state index in [-0.39, 0.29) is 5.60 Å². The molecule has 1 atom stereocenters. The maximum Gasteiger partial charge on any atom is 0.129 e. The van der Waals surface area contributed by atoms with Crippen molar-refractivity contribution >= 4 is 32.2 Å². The monoisotopic (exact) mass is 508 g/mol.